The van der Waals surface area contributed by atoms with Crippen LogP contribution in [0.4, 0.5) is 5.69 Å². The second-order valence-corrected chi connectivity index (χ2v) is 5.23. The highest BCUT2D eigenvalue weighted by molar-refractivity contribution is 6.33. The number of nitrogens with zero attached hydrogens (tertiary/aromatic N) is 1. The van der Waals surface area contributed by atoms with Gasteiger partial charge in [0.15, 0.2) is 0 Å². The van der Waals surface area contributed by atoms with Crippen LogP contribution in [0.2, 0.25) is 5.02 Å². The lowest BCUT2D eigenvalue weighted by atomic mass is 9.95. The molecule has 1 aromatic carbocycles. The largest absolute Gasteiger partial charge is 0.370 e. The maximum Gasteiger partial charge on any atom is 0.222 e. The van der Waals surface area contributed by atoms with E-state index in [2.05, 4.69) is 10.2 Å². The molecule has 0 aliphatic carbocycles. The maximum absolute atomic E-state index is 11.6. The second kappa shape index (κ2) is 6.26. The first-order valence-corrected chi connectivity index (χ1v) is 6.99. The van der Waals surface area contributed by atoms with E-state index < -0.39 is 0 Å². The van der Waals surface area contributed by atoms with Crippen molar-refractivity contribution in [1.82, 2.24) is 5.32 Å². The first-order valence-electron chi connectivity index (χ1n) is 6.61. The van der Waals surface area contributed by atoms with Crippen LogP contribution in [0.1, 0.15) is 18.4 Å². The molecule has 104 valence electrons. The molecular weight excluding hydrogens is 262 g/mol. The summed E-state index contributed by atoms with van der Waals surface area (Å²) in [6.45, 7) is 2.16. The van der Waals surface area contributed by atoms with E-state index in [4.69, 9.17) is 17.3 Å². The van der Waals surface area contributed by atoms with Gasteiger partial charge in [0, 0.05) is 32.6 Å². The van der Waals surface area contributed by atoms with Crippen LogP contribution in [0.15, 0.2) is 18.2 Å². The lowest BCUT2D eigenvalue weighted by Crippen LogP contribution is -2.40. The summed E-state index contributed by atoms with van der Waals surface area (Å²) in [7, 11) is 1.69. The monoisotopic (exact) mass is 281 g/mol. The molecule has 1 aliphatic rings. The van der Waals surface area contributed by atoms with E-state index in [9.17, 15) is 4.79 Å². The van der Waals surface area contributed by atoms with Gasteiger partial charge in [0.05, 0.1) is 10.7 Å². The summed E-state index contributed by atoms with van der Waals surface area (Å²) in [5.41, 5.74) is 7.86. The van der Waals surface area contributed by atoms with Crippen molar-refractivity contribution in [3.8, 4) is 0 Å². The summed E-state index contributed by atoms with van der Waals surface area (Å²) in [5, 5.41) is 3.46. The number of para-hydroxylation sites is 1. The Morgan fingerprint density at radius 1 is 1.47 bits per heavy atom. The molecule has 0 atom stereocenters. The normalized spacial score (nSPS) is 16.5. The Kier molecular flexibility index (Phi) is 4.66. The fourth-order valence-corrected chi connectivity index (χ4v) is 2.96. The summed E-state index contributed by atoms with van der Waals surface area (Å²) in [4.78, 5) is 13.9. The molecule has 1 aromatic rings. The zero-order chi connectivity index (χ0) is 13.8. The van der Waals surface area contributed by atoms with Crippen LogP contribution in [0.3, 0.4) is 0 Å². The van der Waals surface area contributed by atoms with Crippen molar-refractivity contribution >= 4 is 23.2 Å². The number of rotatable bonds is 3. The minimum Gasteiger partial charge on any atom is -0.370 e. The highest BCUT2D eigenvalue weighted by Gasteiger charge is 2.26. The van der Waals surface area contributed by atoms with Crippen LogP contribution in [0, 0.1) is 5.92 Å². The number of nitrogens with two attached hydrogens (primary N) is 1. The molecule has 2 rings (SSSR count). The van der Waals surface area contributed by atoms with Crippen LogP contribution < -0.4 is 16.0 Å². The van der Waals surface area contributed by atoms with E-state index in [1.165, 1.54) is 0 Å². The number of hydrogen-bond acceptors (Lipinski definition) is 3. The van der Waals surface area contributed by atoms with Gasteiger partial charge in [-0.05, 0) is 24.5 Å². The third kappa shape index (κ3) is 3.01. The molecule has 19 heavy (non-hydrogen) atoms. The zero-order valence-electron chi connectivity index (χ0n) is 11.2. The summed E-state index contributed by atoms with van der Waals surface area (Å²) in [6.07, 6.45) is 1.71. The van der Waals surface area contributed by atoms with Gasteiger partial charge in [-0.2, -0.15) is 0 Å². The second-order valence-electron chi connectivity index (χ2n) is 4.83. The van der Waals surface area contributed by atoms with E-state index in [-0.39, 0.29) is 11.8 Å². The SMILES string of the molecule is CNC(=O)C1CCN(c2c(Cl)cccc2CN)CC1. The van der Waals surface area contributed by atoms with Gasteiger partial charge in [-0.3, -0.25) is 4.79 Å². The fourth-order valence-electron chi connectivity index (χ4n) is 2.65. The third-order valence-corrected chi connectivity index (χ3v) is 4.02. The summed E-state index contributed by atoms with van der Waals surface area (Å²) in [6, 6.07) is 5.82. The Bertz CT molecular complexity index is 456. The smallest absolute Gasteiger partial charge is 0.222 e. The van der Waals surface area contributed by atoms with Crippen molar-refractivity contribution in [2.45, 2.75) is 19.4 Å². The Morgan fingerprint density at radius 3 is 2.74 bits per heavy atom. The molecule has 4 nitrogen and oxygen atoms in total. The minimum atomic E-state index is 0.116. The van der Waals surface area contributed by atoms with Gasteiger partial charge in [0.25, 0.3) is 0 Å². The van der Waals surface area contributed by atoms with Crippen LogP contribution in [0.25, 0.3) is 0 Å². The number of benzene rings is 1. The van der Waals surface area contributed by atoms with E-state index in [1.54, 1.807) is 7.05 Å². The van der Waals surface area contributed by atoms with Gasteiger partial charge in [-0.15, -0.1) is 0 Å². The Balaban J connectivity index is 2.12. The fraction of sp³-hybridized carbons (Fsp3) is 0.500. The predicted molar refractivity (Wildman–Crippen MR) is 78.3 cm³/mol. The lowest BCUT2D eigenvalue weighted by molar-refractivity contribution is -0.125. The maximum atomic E-state index is 11.6. The van der Waals surface area contributed by atoms with Gasteiger partial charge in [-0.1, -0.05) is 23.7 Å². The zero-order valence-corrected chi connectivity index (χ0v) is 11.9. The summed E-state index contributed by atoms with van der Waals surface area (Å²) < 4.78 is 0. The average Bonchev–Trinajstić information content (AvgIpc) is 2.46. The summed E-state index contributed by atoms with van der Waals surface area (Å²) in [5.74, 6) is 0.253. The predicted octanol–water partition coefficient (Wildman–Crippen LogP) is 1.76. The highest BCUT2D eigenvalue weighted by Crippen LogP contribution is 2.32. The molecular formula is C14H20ClN3O. The van der Waals surface area contributed by atoms with Crippen LogP contribution >= 0.6 is 11.6 Å². The Hall–Kier alpha value is -1.26. The van der Waals surface area contributed by atoms with Crippen molar-refractivity contribution in [1.29, 1.82) is 0 Å². The molecule has 0 bridgehead atoms. The van der Waals surface area contributed by atoms with Crippen molar-refractivity contribution < 1.29 is 4.79 Å². The minimum absolute atomic E-state index is 0.116. The Morgan fingerprint density at radius 2 is 2.16 bits per heavy atom. The van der Waals surface area contributed by atoms with Crippen LogP contribution in [0.5, 0.6) is 0 Å². The van der Waals surface area contributed by atoms with Gasteiger partial charge in [0.2, 0.25) is 5.91 Å². The average molecular weight is 282 g/mol. The van der Waals surface area contributed by atoms with Gasteiger partial charge in [-0.25, -0.2) is 0 Å². The molecule has 0 radical (unpaired) electrons. The van der Waals surface area contributed by atoms with Crippen molar-refractivity contribution in [3.63, 3.8) is 0 Å². The van der Waals surface area contributed by atoms with E-state index in [0.29, 0.717) is 6.54 Å². The molecule has 1 saturated heterocycles. The molecule has 1 heterocycles. The van der Waals surface area contributed by atoms with Crippen molar-refractivity contribution in [3.05, 3.63) is 28.8 Å². The lowest BCUT2D eigenvalue weighted by Gasteiger charge is -2.34. The van der Waals surface area contributed by atoms with Crippen molar-refractivity contribution in [2.24, 2.45) is 11.7 Å². The first kappa shape index (κ1) is 14.2. The number of amides is 1. The van der Waals surface area contributed by atoms with Crippen molar-refractivity contribution in [2.75, 3.05) is 25.0 Å². The number of carbonyl (C=O) groups is 1. The molecule has 3 N–H and O–H groups in total. The molecule has 5 heteroatoms. The quantitative estimate of drug-likeness (QED) is 0.888. The topological polar surface area (TPSA) is 58.4 Å². The van der Waals surface area contributed by atoms with E-state index in [0.717, 1.165) is 42.2 Å². The summed E-state index contributed by atoms with van der Waals surface area (Å²) >= 11 is 6.29. The number of nitrogens with one attached hydrogen (secondary N) is 1. The molecule has 1 amide bonds. The van der Waals surface area contributed by atoms with E-state index >= 15 is 0 Å². The van der Waals surface area contributed by atoms with Gasteiger partial charge in [0.1, 0.15) is 0 Å². The number of hydrogen-bond donors (Lipinski definition) is 2. The Labute approximate surface area is 118 Å². The molecule has 1 fully saturated rings. The van der Waals surface area contributed by atoms with Gasteiger partial charge >= 0.3 is 0 Å². The highest BCUT2D eigenvalue weighted by atomic mass is 35.5. The molecule has 1 aliphatic heterocycles. The van der Waals surface area contributed by atoms with Crippen LogP contribution in [-0.4, -0.2) is 26.0 Å². The number of piperidine rings is 1. The van der Waals surface area contributed by atoms with Gasteiger partial charge < -0.3 is 16.0 Å². The third-order valence-electron chi connectivity index (χ3n) is 3.72. The number of carbonyl (C=O) groups excluding carboxylic acids is 1. The molecule has 0 saturated carbocycles. The molecule has 0 spiro atoms. The van der Waals surface area contributed by atoms with Crippen LogP contribution in [-0.2, 0) is 11.3 Å². The molecule has 0 aromatic heterocycles. The van der Waals surface area contributed by atoms with E-state index in [1.807, 2.05) is 18.2 Å². The number of halogens is 1. The standard InChI is InChI=1S/C14H20ClN3O/c1-17-14(19)10-5-7-18(8-6-10)13-11(9-16)3-2-4-12(13)15/h2-4,10H,5-9,16H2,1H3,(H,17,19). The number of anilines is 1. The molecule has 0 unspecified atom stereocenters. The first-order chi connectivity index (χ1) is 9.17.